The second-order valence-electron chi connectivity index (χ2n) is 5.54. The number of nitrogens with zero attached hydrogens (tertiary/aromatic N) is 4. The number of aromatic nitrogens is 4. The molecule has 0 bridgehead atoms. The summed E-state index contributed by atoms with van der Waals surface area (Å²) in [6.07, 6.45) is 3.44. The zero-order chi connectivity index (χ0) is 16.4. The molecule has 1 aliphatic rings. The minimum Gasteiger partial charge on any atom is -0.377 e. The number of hydrogen-bond acceptors (Lipinski definition) is 5. The maximum Gasteiger partial charge on any atom is 0.251 e. The summed E-state index contributed by atoms with van der Waals surface area (Å²) in [5.74, 6) is 1.27. The van der Waals surface area contributed by atoms with E-state index >= 15 is 0 Å². The highest BCUT2D eigenvalue weighted by Gasteiger charge is 2.30. The number of aromatic amines is 1. The lowest BCUT2D eigenvalue weighted by Crippen LogP contribution is -2.45. The molecule has 8 nitrogen and oxygen atoms in total. The highest BCUT2D eigenvalue weighted by Crippen LogP contribution is 2.22. The molecule has 3 heterocycles. The van der Waals surface area contributed by atoms with Crippen LogP contribution in [0.3, 0.4) is 0 Å². The summed E-state index contributed by atoms with van der Waals surface area (Å²) < 4.78 is 7.29. The Bertz CT molecular complexity index is 766. The summed E-state index contributed by atoms with van der Waals surface area (Å²) in [6.45, 7) is 5.08. The van der Waals surface area contributed by atoms with E-state index in [1.165, 1.54) is 6.07 Å². The van der Waals surface area contributed by atoms with Crippen LogP contribution in [-0.2, 0) is 16.1 Å². The van der Waals surface area contributed by atoms with Crippen molar-refractivity contribution in [3.8, 4) is 0 Å². The van der Waals surface area contributed by atoms with Gasteiger partial charge in [0.25, 0.3) is 5.56 Å². The Labute approximate surface area is 133 Å². The van der Waals surface area contributed by atoms with Crippen molar-refractivity contribution >= 4 is 5.91 Å². The molecule has 0 radical (unpaired) electrons. The molecule has 1 fully saturated rings. The normalized spacial score (nSPS) is 18.2. The average molecular weight is 317 g/mol. The highest BCUT2D eigenvalue weighted by atomic mass is 16.5. The predicted octanol–water partition coefficient (Wildman–Crippen LogP) is 0.183. The lowest BCUT2D eigenvalue weighted by Gasteiger charge is -2.35. The fourth-order valence-corrected chi connectivity index (χ4v) is 2.73. The van der Waals surface area contributed by atoms with Gasteiger partial charge in [0, 0.05) is 25.0 Å². The Morgan fingerprint density at radius 2 is 2.30 bits per heavy atom. The van der Waals surface area contributed by atoms with Crippen molar-refractivity contribution in [2.45, 2.75) is 26.4 Å². The van der Waals surface area contributed by atoms with Crippen LogP contribution in [0, 0.1) is 13.8 Å². The number of imidazole rings is 1. The predicted molar refractivity (Wildman–Crippen MR) is 81.8 cm³/mol. The Hall–Kier alpha value is -2.48. The number of hydrogen-bond donors (Lipinski definition) is 1. The molecule has 1 aliphatic heterocycles. The Morgan fingerprint density at radius 1 is 1.48 bits per heavy atom. The van der Waals surface area contributed by atoms with Crippen LogP contribution in [-0.4, -0.2) is 50.1 Å². The third-order valence-electron chi connectivity index (χ3n) is 3.90. The summed E-state index contributed by atoms with van der Waals surface area (Å²) in [6, 6.07) is 1.08. The topological polar surface area (TPSA) is 93.1 Å². The van der Waals surface area contributed by atoms with E-state index in [1.807, 2.05) is 6.92 Å². The quantitative estimate of drug-likeness (QED) is 0.872. The van der Waals surface area contributed by atoms with E-state index in [1.54, 1.807) is 28.8 Å². The van der Waals surface area contributed by atoms with E-state index in [4.69, 9.17) is 4.74 Å². The Morgan fingerprint density at radius 3 is 3.00 bits per heavy atom. The van der Waals surface area contributed by atoms with E-state index in [9.17, 15) is 9.59 Å². The van der Waals surface area contributed by atoms with Crippen LogP contribution in [0.2, 0.25) is 0 Å². The largest absolute Gasteiger partial charge is 0.377 e. The third kappa shape index (κ3) is 3.31. The van der Waals surface area contributed by atoms with Gasteiger partial charge in [0.1, 0.15) is 18.2 Å². The summed E-state index contributed by atoms with van der Waals surface area (Å²) in [7, 11) is 0. The SMILES string of the molecule is Cc1nc([C@H]2COCCN2C(=O)Cn2ccnc2C)cc(=O)[nH]1. The van der Waals surface area contributed by atoms with Crippen molar-refractivity contribution in [2.75, 3.05) is 19.8 Å². The smallest absolute Gasteiger partial charge is 0.251 e. The molecule has 1 saturated heterocycles. The van der Waals surface area contributed by atoms with Gasteiger partial charge in [0.05, 0.1) is 24.9 Å². The molecule has 0 saturated carbocycles. The van der Waals surface area contributed by atoms with E-state index in [0.717, 1.165) is 5.82 Å². The molecule has 1 atom stereocenters. The monoisotopic (exact) mass is 317 g/mol. The molecular formula is C15H19N5O3. The number of carbonyl (C=O) groups excluding carboxylic acids is 1. The second-order valence-corrected chi connectivity index (χ2v) is 5.54. The summed E-state index contributed by atoms with van der Waals surface area (Å²) >= 11 is 0. The number of carbonyl (C=O) groups is 1. The van der Waals surface area contributed by atoms with E-state index < -0.39 is 0 Å². The van der Waals surface area contributed by atoms with Gasteiger partial charge in [-0.15, -0.1) is 0 Å². The number of ether oxygens (including phenoxy) is 1. The first-order valence-electron chi connectivity index (χ1n) is 7.47. The lowest BCUT2D eigenvalue weighted by atomic mass is 10.1. The first kappa shape index (κ1) is 15.4. The van der Waals surface area contributed by atoms with Crippen molar-refractivity contribution in [1.82, 2.24) is 24.4 Å². The van der Waals surface area contributed by atoms with Crippen LogP contribution in [0.4, 0.5) is 0 Å². The van der Waals surface area contributed by atoms with Crippen LogP contribution in [0.15, 0.2) is 23.3 Å². The molecular weight excluding hydrogens is 298 g/mol. The molecule has 3 rings (SSSR count). The van der Waals surface area contributed by atoms with Gasteiger partial charge in [-0.2, -0.15) is 0 Å². The number of morpholine rings is 1. The van der Waals surface area contributed by atoms with Crippen LogP contribution in [0.5, 0.6) is 0 Å². The van der Waals surface area contributed by atoms with Crippen LogP contribution >= 0.6 is 0 Å². The molecule has 0 aromatic carbocycles. The maximum atomic E-state index is 12.7. The zero-order valence-electron chi connectivity index (χ0n) is 13.2. The number of rotatable bonds is 3. The van der Waals surface area contributed by atoms with E-state index in [2.05, 4.69) is 15.0 Å². The highest BCUT2D eigenvalue weighted by molar-refractivity contribution is 5.76. The second kappa shape index (κ2) is 6.33. The average Bonchev–Trinajstić information content (AvgIpc) is 2.91. The number of aryl methyl sites for hydroxylation is 2. The minimum atomic E-state index is -0.346. The molecule has 1 N–H and O–H groups in total. The van der Waals surface area contributed by atoms with Crippen molar-refractivity contribution < 1.29 is 9.53 Å². The molecule has 23 heavy (non-hydrogen) atoms. The van der Waals surface area contributed by atoms with Crippen molar-refractivity contribution in [3.05, 3.63) is 46.2 Å². The first-order chi connectivity index (χ1) is 11.0. The van der Waals surface area contributed by atoms with Crippen LogP contribution in [0.25, 0.3) is 0 Å². The summed E-state index contributed by atoms with van der Waals surface area (Å²) in [4.78, 5) is 37.2. The molecule has 2 aromatic heterocycles. The van der Waals surface area contributed by atoms with Gasteiger partial charge in [0.15, 0.2) is 0 Å². The minimum absolute atomic E-state index is 0.0425. The molecule has 8 heteroatoms. The van der Waals surface area contributed by atoms with Crippen molar-refractivity contribution in [3.63, 3.8) is 0 Å². The zero-order valence-corrected chi connectivity index (χ0v) is 13.2. The Kier molecular flexibility index (Phi) is 4.24. The molecule has 0 spiro atoms. The first-order valence-corrected chi connectivity index (χ1v) is 7.47. The van der Waals surface area contributed by atoms with Crippen molar-refractivity contribution in [1.29, 1.82) is 0 Å². The number of H-pyrrole nitrogens is 1. The molecule has 2 aromatic rings. The maximum absolute atomic E-state index is 12.7. The van der Waals surface area contributed by atoms with Gasteiger partial charge >= 0.3 is 0 Å². The summed E-state index contributed by atoms with van der Waals surface area (Å²) in [5.41, 5.74) is 0.331. The lowest BCUT2D eigenvalue weighted by molar-refractivity contribution is -0.141. The van der Waals surface area contributed by atoms with E-state index in [-0.39, 0.29) is 24.1 Å². The van der Waals surface area contributed by atoms with Gasteiger partial charge in [-0.25, -0.2) is 9.97 Å². The fraction of sp³-hybridized carbons (Fsp3) is 0.467. The summed E-state index contributed by atoms with van der Waals surface area (Å²) in [5, 5.41) is 0. The van der Waals surface area contributed by atoms with Gasteiger partial charge in [-0.3, -0.25) is 9.59 Å². The number of nitrogens with one attached hydrogen (secondary N) is 1. The van der Waals surface area contributed by atoms with Crippen molar-refractivity contribution in [2.24, 2.45) is 0 Å². The Balaban J connectivity index is 1.85. The number of amides is 1. The fourth-order valence-electron chi connectivity index (χ4n) is 2.73. The molecule has 1 amide bonds. The molecule has 122 valence electrons. The standard InChI is InChI=1S/C15H19N5O3/c1-10-17-12(7-14(21)18-10)13-9-23-6-5-20(13)15(22)8-19-4-3-16-11(19)2/h3-4,7,13H,5-6,8-9H2,1-2H3,(H,17,18,21)/t13-/m1/s1. The van der Waals surface area contributed by atoms with Gasteiger partial charge in [-0.1, -0.05) is 0 Å². The van der Waals surface area contributed by atoms with Gasteiger partial charge < -0.3 is 19.2 Å². The van der Waals surface area contributed by atoms with E-state index in [0.29, 0.717) is 31.3 Å². The molecule has 0 aliphatic carbocycles. The third-order valence-corrected chi connectivity index (χ3v) is 3.90. The van der Waals surface area contributed by atoms with Gasteiger partial charge in [0.2, 0.25) is 5.91 Å². The van der Waals surface area contributed by atoms with Crippen LogP contribution < -0.4 is 5.56 Å². The van der Waals surface area contributed by atoms with Crippen LogP contribution in [0.1, 0.15) is 23.4 Å². The molecule has 0 unspecified atom stereocenters. The van der Waals surface area contributed by atoms with Gasteiger partial charge in [-0.05, 0) is 13.8 Å².